The minimum Gasteiger partial charge on any atom is -0.480 e. The minimum absolute atomic E-state index is 0.197. The van der Waals surface area contributed by atoms with E-state index in [1.165, 1.54) is 0 Å². The van der Waals surface area contributed by atoms with E-state index in [2.05, 4.69) is 9.46 Å². The molecule has 0 aromatic rings. The Kier molecular flexibility index (Phi) is 5.97. The molecule has 1 fully saturated rings. The summed E-state index contributed by atoms with van der Waals surface area (Å²) in [5.41, 5.74) is -1.57. The molecule has 3 N–H and O–H groups in total. The molecule has 21 heavy (non-hydrogen) atoms. The summed E-state index contributed by atoms with van der Waals surface area (Å²) in [6.45, 7) is 3.15. The molecule has 1 amide bonds. The quantitative estimate of drug-likeness (QED) is 0.652. The van der Waals surface area contributed by atoms with Crippen LogP contribution in [0.25, 0.3) is 0 Å². The molecule has 8 nitrogen and oxygen atoms in total. The molecule has 0 heterocycles. The maximum absolute atomic E-state index is 11.9. The van der Waals surface area contributed by atoms with Gasteiger partial charge in [-0.15, -0.1) is 0 Å². The monoisotopic (exact) mass is 322 g/mol. The lowest BCUT2D eigenvalue weighted by Gasteiger charge is -2.28. The van der Waals surface area contributed by atoms with E-state index in [9.17, 15) is 23.1 Å². The van der Waals surface area contributed by atoms with Crippen molar-refractivity contribution in [3.8, 4) is 0 Å². The van der Waals surface area contributed by atoms with Gasteiger partial charge in [0.1, 0.15) is 5.54 Å². The molecule has 0 unspecified atom stereocenters. The number of carboxylic acid groups (broad SMARTS) is 1. The zero-order valence-electron chi connectivity index (χ0n) is 12.2. The number of hydrogen-bond acceptors (Lipinski definition) is 5. The molecular weight excluding hydrogens is 300 g/mol. The van der Waals surface area contributed by atoms with Gasteiger partial charge in [-0.3, -0.25) is 4.79 Å². The van der Waals surface area contributed by atoms with Gasteiger partial charge in [-0.25, -0.2) is 9.52 Å². The summed E-state index contributed by atoms with van der Waals surface area (Å²) in [5, 5.41) is 9.39. The Balaban J connectivity index is 2.82. The van der Waals surface area contributed by atoms with Crippen LogP contribution in [0.5, 0.6) is 0 Å². The van der Waals surface area contributed by atoms with Crippen molar-refractivity contribution >= 4 is 22.3 Å². The lowest BCUT2D eigenvalue weighted by Crippen LogP contribution is -2.57. The van der Waals surface area contributed by atoms with Gasteiger partial charge in [-0.2, -0.15) is 13.1 Å². The molecule has 0 bridgehead atoms. The van der Waals surface area contributed by atoms with Crippen LogP contribution in [0.15, 0.2) is 0 Å². The molecule has 0 atom stereocenters. The van der Waals surface area contributed by atoms with Gasteiger partial charge in [-0.05, 0) is 26.7 Å². The smallest absolute Gasteiger partial charge is 0.422 e. The van der Waals surface area contributed by atoms with Crippen LogP contribution in [0.4, 0.5) is 4.79 Å². The Morgan fingerprint density at radius 1 is 1.14 bits per heavy atom. The Hall–Kier alpha value is -1.35. The molecular formula is C12H22N2O6S. The van der Waals surface area contributed by atoms with E-state index in [0.717, 1.165) is 12.8 Å². The van der Waals surface area contributed by atoms with Crippen LogP contribution in [-0.4, -0.2) is 37.2 Å². The molecule has 0 saturated heterocycles. The van der Waals surface area contributed by atoms with Gasteiger partial charge in [0.25, 0.3) is 0 Å². The molecule has 1 saturated carbocycles. The van der Waals surface area contributed by atoms with E-state index in [4.69, 9.17) is 0 Å². The van der Waals surface area contributed by atoms with Gasteiger partial charge in [0.2, 0.25) is 0 Å². The summed E-state index contributed by atoms with van der Waals surface area (Å²) >= 11 is 0. The van der Waals surface area contributed by atoms with Crippen LogP contribution in [0.1, 0.15) is 52.4 Å². The maximum atomic E-state index is 11.9. The van der Waals surface area contributed by atoms with E-state index in [0.29, 0.717) is 12.8 Å². The molecule has 0 aromatic heterocycles. The van der Waals surface area contributed by atoms with Crippen LogP contribution in [-0.2, 0) is 19.7 Å². The number of carboxylic acids is 1. The van der Waals surface area contributed by atoms with Crippen molar-refractivity contribution in [3.63, 3.8) is 0 Å². The molecule has 1 aliphatic carbocycles. The number of nitrogens with one attached hydrogen (secondary N) is 2. The number of ether oxygens (including phenoxy) is 1. The maximum Gasteiger partial charge on any atom is 0.422 e. The summed E-state index contributed by atoms with van der Waals surface area (Å²) in [6.07, 6.45) is 1.74. The van der Waals surface area contributed by atoms with E-state index in [-0.39, 0.29) is 12.8 Å². The van der Waals surface area contributed by atoms with E-state index < -0.39 is 33.9 Å². The third kappa shape index (κ3) is 5.50. The number of rotatable bonds is 5. The first-order valence-electron chi connectivity index (χ1n) is 6.93. The Morgan fingerprint density at radius 2 is 1.67 bits per heavy atom. The highest BCUT2D eigenvalue weighted by molar-refractivity contribution is 7.88. The first-order valence-corrected chi connectivity index (χ1v) is 8.41. The summed E-state index contributed by atoms with van der Waals surface area (Å²) in [7, 11) is -4.30. The number of aliphatic carboxylic acids is 1. The molecule has 0 aliphatic heterocycles. The summed E-state index contributed by atoms with van der Waals surface area (Å²) < 4.78 is 32.3. The number of hydrogen-bond donors (Lipinski definition) is 3. The lowest BCUT2D eigenvalue weighted by molar-refractivity contribution is -0.144. The highest BCUT2D eigenvalue weighted by Crippen LogP contribution is 2.28. The van der Waals surface area contributed by atoms with Gasteiger partial charge in [0, 0.05) is 0 Å². The fourth-order valence-electron chi connectivity index (χ4n) is 2.32. The highest BCUT2D eigenvalue weighted by atomic mass is 32.2. The number of carbonyl (C=O) groups excluding carboxylic acids is 1. The van der Waals surface area contributed by atoms with Crippen LogP contribution in [0.2, 0.25) is 0 Å². The minimum atomic E-state index is -4.30. The Morgan fingerprint density at radius 3 is 2.10 bits per heavy atom. The average molecular weight is 322 g/mol. The molecule has 0 spiro atoms. The van der Waals surface area contributed by atoms with Crippen molar-refractivity contribution in [1.82, 2.24) is 9.44 Å². The fourth-order valence-corrected chi connectivity index (χ4v) is 3.45. The van der Waals surface area contributed by atoms with Crippen LogP contribution in [0, 0.1) is 0 Å². The lowest BCUT2D eigenvalue weighted by atomic mass is 9.92. The second-order valence-corrected chi connectivity index (χ2v) is 6.88. The van der Waals surface area contributed by atoms with Gasteiger partial charge in [0.05, 0.1) is 6.10 Å². The second kappa shape index (κ2) is 7.08. The van der Waals surface area contributed by atoms with Crippen molar-refractivity contribution in [1.29, 1.82) is 0 Å². The molecule has 1 aliphatic rings. The van der Waals surface area contributed by atoms with E-state index in [1.807, 2.05) is 0 Å². The molecule has 9 heteroatoms. The van der Waals surface area contributed by atoms with E-state index >= 15 is 0 Å². The third-order valence-corrected chi connectivity index (χ3v) is 4.35. The van der Waals surface area contributed by atoms with Gasteiger partial charge in [0.15, 0.2) is 0 Å². The highest BCUT2D eigenvalue weighted by Gasteiger charge is 2.42. The topological polar surface area (TPSA) is 122 Å². The first-order chi connectivity index (χ1) is 9.67. The molecule has 0 aromatic carbocycles. The largest absolute Gasteiger partial charge is 0.480 e. The second-order valence-electron chi connectivity index (χ2n) is 5.46. The van der Waals surface area contributed by atoms with Crippen LogP contribution < -0.4 is 9.44 Å². The van der Waals surface area contributed by atoms with Gasteiger partial charge >= 0.3 is 22.3 Å². The summed E-state index contributed by atoms with van der Waals surface area (Å²) in [4.78, 5) is 22.9. The average Bonchev–Trinajstić information content (AvgIpc) is 2.52. The van der Waals surface area contributed by atoms with Crippen molar-refractivity contribution in [2.24, 2.45) is 0 Å². The predicted molar refractivity (Wildman–Crippen MR) is 74.9 cm³/mol. The fraction of sp³-hybridized carbons (Fsp3) is 0.833. The molecule has 122 valence electrons. The first kappa shape index (κ1) is 17.7. The van der Waals surface area contributed by atoms with Crippen molar-refractivity contribution in [2.45, 2.75) is 64.0 Å². The number of amides is 1. The van der Waals surface area contributed by atoms with Gasteiger partial charge in [-0.1, -0.05) is 25.7 Å². The van der Waals surface area contributed by atoms with Crippen molar-refractivity contribution in [3.05, 3.63) is 0 Å². The standard InChI is InChI=1S/C12H22N2O6S/c1-9(2)20-11(17)13-21(18,19)14-12(10(15)16)7-5-3-4-6-8-12/h9,14H,3-8H2,1-2H3,(H,13,17)(H,15,16). The van der Waals surface area contributed by atoms with Crippen LogP contribution in [0.3, 0.4) is 0 Å². The summed E-state index contributed by atoms with van der Waals surface area (Å²) in [5.74, 6) is -1.23. The Labute approximate surface area is 124 Å². The zero-order valence-corrected chi connectivity index (χ0v) is 13.0. The van der Waals surface area contributed by atoms with Crippen molar-refractivity contribution < 1.29 is 27.9 Å². The summed E-state index contributed by atoms with van der Waals surface area (Å²) in [6, 6.07) is 0. The third-order valence-electron chi connectivity index (χ3n) is 3.26. The number of carbonyl (C=O) groups is 2. The SMILES string of the molecule is CC(C)OC(=O)NS(=O)(=O)NC1(C(=O)O)CCCCCC1. The van der Waals surface area contributed by atoms with Crippen molar-refractivity contribution in [2.75, 3.05) is 0 Å². The van der Waals surface area contributed by atoms with Gasteiger partial charge < -0.3 is 9.84 Å². The van der Waals surface area contributed by atoms with E-state index in [1.54, 1.807) is 18.6 Å². The van der Waals surface area contributed by atoms with Crippen LogP contribution >= 0.6 is 0 Å². The predicted octanol–water partition coefficient (Wildman–Crippen LogP) is 1.13. The normalized spacial score (nSPS) is 18.8. The zero-order chi connectivity index (χ0) is 16.1. The molecule has 0 radical (unpaired) electrons. The Bertz CT molecular complexity index is 480. The molecule has 1 rings (SSSR count).